The number of ether oxygens (including phenoxy) is 3. The van der Waals surface area contributed by atoms with Gasteiger partial charge in [-0.2, -0.15) is 0 Å². The Morgan fingerprint density at radius 1 is 0.304 bits per heavy atom. The van der Waals surface area contributed by atoms with Gasteiger partial charge in [0.1, 0.15) is 13.2 Å². The Kier molecular flexibility index (Phi) is 53.9. The first-order valence-electron chi connectivity index (χ1n) is 28.7. The van der Waals surface area contributed by atoms with Crippen molar-refractivity contribution in [2.75, 3.05) is 13.2 Å². The number of unbranched alkanes of at least 4 members (excludes halogenated alkanes) is 24. The summed E-state index contributed by atoms with van der Waals surface area (Å²) in [6, 6.07) is 0. The summed E-state index contributed by atoms with van der Waals surface area (Å²) in [5.74, 6) is -1.01. The molecule has 0 spiro atoms. The van der Waals surface area contributed by atoms with E-state index in [9.17, 15) is 14.4 Å². The largest absolute Gasteiger partial charge is 0.462 e. The molecule has 0 aliphatic rings. The van der Waals surface area contributed by atoms with Crippen molar-refractivity contribution in [1.29, 1.82) is 0 Å². The third kappa shape index (κ3) is 55.1. The predicted octanol–water partition coefficient (Wildman–Crippen LogP) is 19.3. The van der Waals surface area contributed by atoms with Crippen molar-refractivity contribution >= 4 is 17.9 Å². The topological polar surface area (TPSA) is 78.9 Å². The van der Waals surface area contributed by atoms with Crippen molar-refractivity contribution in [2.45, 2.75) is 271 Å². The van der Waals surface area contributed by atoms with E-state index < -0.39 is 6.10 Å². The van der Waals surface area contributed by atoms with E-state index in [1.54, 1.807) is 0 Å². The molecule has 0 saturated heterocycles. The number of hydrogen-bond donors (Lipinski definition) is 0. The number of allylic oxidation sites excluding steroid dienone is 16. The lowest BCUT2D eigenvalue weighted by Gasteiger charge is -2.18. The van der Waals surface area contributed by atoms with E-state index in [0.717, 1.165) is 103 Å². The molecule has 6 heteroatoms. The van der Waals surface area contributed by atoms with Gasteiger partial charge in [0.05, 0.1) is 0 Å². The van der Waals surface area contributed by atoms with Crippen LogP contribution in [0.5, 0.6) is 0 Å². The molecule has 1 atom stereocenters. The van der Waals surface area contributed by atoms with Crippen molar-refractivity contribution < 1.29 is 28.6 Å². The number of carbonyl (C=O) groups is 3. The molecule has 0 saturated carbocycles. The zero-order valence-corrected chi connectivity index (χ0v) is 45.0. The maximum absolute atomic E-state index is 12.8. The smallest absolute Gasteiger partial charge is 0.306 e. The summed E-state index contributed by atoms with van der Waals surface area (Å²) in [6.45, 7) is 6.34. The Labute approximate surface area is 426 Å². The second-order valence-electron chi connectivity index (χ2n) is 18.8. The van der Waals surface area contributed by atoms with Gasteiger partial charge < -0.3 is 14.2 Å². The summed E-state index contributed by atoms with van der Waals surface area (Å²) >= 11 is 0. The first-order chi connectivity index (χ1) is 34.0. The SMILES string of the molecule is CC/C=C\C/C=C\C/C=C\C/C=C\CCC(=O)OCC(COC(=O)CCCCCCCCCCCCC/C=C\CCCCCCCCCC)OC(=O)CCCCCCC/C=C\C/C=C\C/C=C\CC. The van der Waals surface area contributed by atoms with Crippen molar-refractivity contribution in [3.63, 3.8) is 0 Å². The van der Waals surface area contributed by atoms with Gasteiger partial charge in [-0.1, -0.05) is 240 Å². The van der Waals surface area contributed by atoms with Gasteiger partial charge in [0.15, 0.2) is 6.10 Å². The zero-order chi connectivity index (χ0) is 50.0. The molecular weight excluding hydrogens is 853 g/mol. The van der Waals surface area contributed by atoms with E-state index in [4.69, 9.17) is 14.2 Å². The van der Waals surface area contributed by atoms with Crippen LogP contribution in [-0.4, -0.2) is 37.2 Å². The Hall–Kier alpha value is -3.67. The third-order valence-corrected chi connectivity index (χ3v) is 12.1. The molecule has 6 nitrogen and oxygen atoms in total. The van der Waals surface area contributed by atoms with Crippen LogP contribution in [0, 0.1) is 0 Å². The third-order valence-electron chi connectivity index (χ3n) is 12.1. The Balaban J connectivity index is 4.37. The molecule has 0 amide bonds. The van der Waals surface area contributed by atoms with E-state index in [1.807, 2.05) is 12.2 Å². The summed E-state index contributed by atoms with van der Waals surface area (Å²) in [6.07, 6.45) is 75.7. The van der Waals surface area contributed by atoms with Crippen LogP contribution in [0.4, 0.5) is 0 Å². The molecule has 0 aliphatic carbocycles. The van der Waals surface area contributed by atoms with Crippen LogP contribution in [-0.2, 0) is 28.6 Å². The molecule has 0 aromatic heterocycles. The molecule has 0 aromatic rings. The van der Waals surface area contributed by atoms with Crippen LogP contribution in [0.15, 0.2) is 97.2 Å². The Bertz CT molecular complexity index is 1380. The number of esters is 3. The van der Waals surface area contributed by atoms with Gasteiger partial charge in [-0.15, -0.1) is 0 Å². The summed E-state index contributed by atoms with van der Waals surface area (Å²) < 4.78 is 16.8. The highest BCUT2D eigenvalue weighted by Gasteiger charge is 2.19. The molecule has 0 bridgehead atoms. The van der Waals surface area contributed by atoms with E-state index in [-0.39, 0.29) is 37.5 Å². The maximum atomic E-state index is 12.8. The highest BCUT2D eigenvalue weighted by molar-refractivity contribution is 5.71. The molecule has 0 radical (unpaired) electrons. The zero-order valence-electron chi connectivity index (χ0n) is 45.0. The lowest BCUT2D eigenvalue weighted by Crippen LogP contribution is -2.30. The quantitative estimate of drug-likeness (QED) is 0.0262. The molecule has 0 N–H and O–H groups in total. The van der Waals surface area contributed by atoms with Crippen LogP contribution in [0.2, 0.25) is 0 Å². The lowest BCUT2D eigenvalue weighted by atomic mass is 10.0. The van der Waals surface area contributed by atoms with Crippen LogP contribution < -0.4 is 0 Å². The summed E-state index contributed by atoms with van der Waals surface area (Å²) in [5, 5.41) is 0. The van der Waals surface area contributed by atoms with Crippen molar-refractivity contribution in [2.24, 2.45) is 0 Å². The molecule has 1 unspecified atom stereocenters. The van der Waals surface area contributed by atoms with Crippen molar-refractivity contribution in [3.8, 4) is 0 Å². The molecule has 394 valence electrons. The fourth-order valence-electron chi connectivity index (χ4n) is 7.82. The molecule has 0 heterocycles. The van der Waals surface area contributed by atoms with Crippen LogP contribution in [0.3, 0.4) is 0 Å². The monoisotopic (exact) mass is 959 g/mol. The van der Waals surface area contributed by atoms with Gasteiger partial charge in [-0.25, -0.2) is 0 Å². The van der Waals surface area contributed by atoms with Gasteiger partial charge in [0, 0.05) is 19.3 Å². The van der Waals surface area contributed by atoms with Crippen LogP contribution in [0.1, 0.15) is 265 Å². The molecule has 0 rings (SSSR count). The average Bonchev–Trinajstić information content (AvgIpc) is 3.35. The van der Waals surface area contributed by atoms with Crippen molar-refractivity contribution in [1.82, 2.24) is 0 Å². The Morgan fingerprint density at radius 3 is 0.986 bits per heavy atom. The van der Waals surface area contributed by atoms with Gasteiger partial charge in [-0.3, -0.25) is 14.4 Å². The predicted molar refractivity (Wildman–Crippen MR) is 297 cm³/mol. The fourth-order valence-corrected chi connectivity index (χ4v) is 7.82. The fraction of sp³-hybridized carbons (Fsp3) is 0.698. The second-order valence-corrected chi connectivity index (χ2v) is 18.8. The van der Waals surface area contributed by atoms with Gasteiger partial charge in [-0.05, 0) is 103 Å². The molecule has 0 fully saturated rings. The first kappa shape index (κ1) is 65.3. The molecule has 0 aliphatic heterocycles. The second kappa shape index (κ2) is 56.9. The minimum Gasteiger partial charge on any atom is -0.462 e. The minimum atomic E-state index is -0.816. The van der Waals surface area contributed by atoms with E-state index >= 15 is 0 Å². The van der Waals surface area contributed by atoms with E-state index in [1.165, 1.54) is 116 Å². The van der Waals surface area contributed by atoms with Crippen LogP contribution >= 0.6 is 0 Å². The van der Waals surface area contributed by atoms with Gasteiger partial charge in [0.2, 0.25) is 0 Å². The molecular formula is C63H106O6. The van der Waals surface area contributed by atoms with Gasteiger partial charge >= 0.3 is 17.9 Å². The normalized spacial score (nSPS) is 12.8. The maximum Gasteiger partial charge on any atom is 0.306 e. The molecule has 69 heavy (non-hydrogen) atoms. The standard InChI is InChI=1S/C63H106O6/c1-4-7-10-13-16-19-22-25-27-28-29-30-31-32-33-34-36-38-41-44-47-50-53-56-62(65)68-59-60(58-67-61(64)55-52-49-46-43-40-37-24-21-18-15-12-9-6-3)69-63(66)57-54-51-48-45-42-39-35-26-23-20-17-14-11-8-5-2/h8-9,11-12,17-18,20-21,26,28-29,35,37,40,46,49,60H,4-7,10,13-16,19,22-25,27,30-34,36,38-39,41-45,47-48,50-59H2,1-3H3/b11-8-,12-9-,20-17-,21-18-,29-28-,35-26-,40-37-,49-46-. The number of hydrogen-bond acceptors (Lipinski definition) is 6. The molecule has 0 aromatic carbocycles. The Morgan fingerprint density at radius 2 is 0.594 bits per heavy atom. The van der Waals surface area contributed by atoms with Crippen molar-refractivity contribution in [3.05, 3.63) is 97.2 Å². The van der Waals surface area contributed by atoms with E-state index in [0.29, 0.717) is 19.3 Å². The van der Waals surface area contributed by atoms with Gasteiger partial charge in [0.25, 0.3) is 0 Å². The summed E-state index contributed by atoms with van der Waals surface area (Å²) in [7, 11) is 0. The van der Waals surface area contributed by atoms with Crippen LogP contribution in [0.25, 0.3) is 0 Å². The summed E-state index contributed by atoms with van der Waals surface area (Å²) in [4.78, 5) is 38.1. The summed E-state index contributed by atoms with van der Waals surface area (Å²) in [5.41, 5.74) is 0. The highest BCUT2D eigenvalue weighted by atomic mass is 16.6. The first-order valence-corrected chi connectivity index (χ1v) is 28.7. The minimum absolute atomic E-state index is 0.107. The lowest BCUT2D eigenvalue weighted by molar-refractivity contribution is -0.166. The number of carbonyl (C=O) groups excluding carboxylic acids is 3. The highest BCUT2D eigenvalue weighted by Crippen LogP contribution is 2.15. The van der Waals surface area contributed by atoms with E-state index in [2.05, 4.69) is 106 Å². The number of rotatable bonds is 51. The average molecular weight is 960 g/mol.